The van der Waals surface area contributed by atoms with Crippen LogP contribution in [0.15, 0.2) is 60.3 Å². The highest BCUT2D eigenvalue weighted by atomic mass is 79.9. The Hall–Kier alpha value is -2.60. The summed E-state index contributed by atoms with van der Waals surface area (Å²) in [6, 6.07) is 16.9. The van der Waals surface area contributed by atoms with Crippen molar-refractivity contribution >= 4 is 32.2 Å². The average Bonchev–Trinajstić information content (AvgIpc) is 2.77. The zero-order valence-corrected chi connectivity index (χ0v) is 18.1. The topological polar surface area (TPSA) is 58.6 Å². The second-order valence-electron chi connectivity index (χ2n) is 6.95. The van der Waals surface area contributed by atoms with Gasteiger partial charge >= 0.3 is 0 Å². The summed E-state index contributed by atoms with van der Waals surface area (Å²) < 4.78 is 5.96. The molecule has 29 heavy (non-hydrogen) atoms. The Balaban J connectivity index is 1.92. The molecule has 3 rings (SSSR count). The van der Waals surface area contributed by atoms with E-state index in [9.17, 15) is 9.59 Å². The third kappa shape index (κ3) is 5.48. The normalized spacial score (nSPS) is 14.8. The van der Waals surface area contributed by atoms with E-state index < -0.39 is 0 Å². The van der Waals surface area contributed by atoms with Crippen molar-refractivity contribution in [1.29, 1.82) is 0 Å². The number of halogens is 1. The molecule has 152 valence electrons. The first-order valence-electron chi connectivity index (χ1n) is 9.76. The molecule has 1 heterocycles. The maximum absolute atomic E-state index is 13.3. The minimum absolute atomic E-state index is 0.177. The van der Waals surface area contributed by atoms with Crippen LogP contribution in [0.1, 0.15) is 30.4 Å². The molecule has 1 aliphatic rings. The number of hydrogen-bond donors (Lipinski definition) is 1. The third-order valence-electron chi connectivity index (χ3n) is 4.89. The number of piperidine rings is 1. The molecular weight excluding hydrogens is 432 g/mol. The first-order chi connectivity index (χ1) is 14.1. The van der Waals surface area contributed by atoms with Crippen LogP contribution in [0.25, 0.3) is 4.48 Å². The van der Waals surface area contributed by atoms with Crippen LogP contribution in [-0.2, 0) is 16.0 Å². The van der Waals surface area contributed by atoms with Gasteiger partial charge in [-0.25, -0.2) is 0 Å². The van der Waals surface area contributed by atoms with Crippen molar-refractivity contribution in [3.63, 3.8) is 0 Å². The molecule has 1 N–H and O–H groups in total. The summed E-state index contributed by atoms with van der Waals surface area (Å²) >= 11 is 3.56. The van der Waals surface area contributed by atoms with Crippen LogP contribution in [0.5, 0.6) is 5.75 Å². The highest BCUT2D eigenvalue weighted by Gasteiger charge is 2.26. The van der Waals surface area contributed by atoms with Crippen LogP contribution in [0, 0.1) is 0 Å². The molecule has 1 aliphatic heterocycles. The summed E-state index contributed by atoms with van der Waals surface area (Å²) in [6.45, 7) is 1.40. The van der Waals surface area contributed by atoms with E-state index in [-0.39, 0.29) is 23.9 Å². The standard InChI is InChI=1S/C23H25BrN2O3/c1-29-19-13-7-6-12-18(19)21(24)22(23(28)26-14-8-3-9-15-26)25-20(27)16-17-10-4-2-5-11-17/h2,4-7,10-13H,3,8-9,14-16H2,1H3,(H,25,27)/b22-21+. The minimum Gasteiger partial charge on any atom is -0.496 e. The Morgan fingerprint density at radius 2 is 1.66 bits per heavy atom. The van der Waals surface area contributed by atoms with E-state index >= 15 is 0 Å². The molecule has 2 aromatic rings. The lowest BCUT2D eigenvalue weighted by Crippen LogP contribution is -2.41. The van der Waals surface area contributed by atoms with E-state index in [0.29, 0.717) is 23.3 Å². The molecule has 0 aromatic heterocycles. The number of amides is 2. The molecule has 0 saturated carbocycles. The number of carbonyl (C=O) groups is 2. The first-order valence-corrected chi connectivity index (χ1v) is 10.6. The van der Waals surface area contributed by atoms with Gasteiger partial charge in [-0.3, -0.25) is 9.59 Å². The number of hydrogen-bond acceptors (Lipinski definition) is 3. The van der Waals surface area contributed by atoms with Crippen molar-refractivity contribution in [2.24, 2.45) is 0 Å². The van der Waals surface area contributed by atoms with E-state index in [0.717, 1.165) is 30.4 Å². The van der Waals surface area contributed by atoms with E-state index in [1.54, 1.807) is 12.0 Å². The Labute approximate surface area is 179 Å². The predicted molar refractivity (Wildman–Crippen MR) is 118 cm³/mol. The van der Waals surface area contributed by atoms with Crippen LogP contribution in [-0.4, -0.2) is 36.9 Å². The van der Waals surface area contributed by atoms with Gasteiger partial charge in [0.1, 0.15) is 11.4 Å². The largest absolute Gasteiger partial charge is 0.496 e. The van der Waals surface area contributed by atoms with Crippen molar-refractivity contribution in [1.82, 2.24) is 10.2 Å². The fourth-order valence-electron chi connectivity index (χ4n) is 3.38. The summed E-state index contributed by atoms with van der Waals surface area (Å²) in [5.41, 5.74) is 1.86. The molecule has 6 heteroatoms. The minimum atomic E-state index is -0.233. The van der Waals surface area contributed by atoms with Crippen LogP contribution in [0.2, 0.25) is 0 Å². The molecule has 0 bridgehead atoms. The molecular formula is C23H25BrN2O3. The van der Waals surface area contributed by atoms with Gasteiger partial charge in [-0.15, -0.1) is 0 Å². The Morgan fingerprint density at radius 3 is 2.34 bits per heavy atom. The first kappa shape index (κ1) is 21.1. The summed E-state index contributed by atoms with van der Waals surface area (Å²) in [5.74, 6) is 0.216. The van der Waals surface area contributed by atoms with Crippen LogP contribution in [0.3, 0.4) is 0 Å². The van der Waals surface area contributed by atoms with Crippen molar-refractivity contribution in [2.45, 2.75) is 25.7 Å². The monoisotopic (exact) mass is 456 g/mol. The second-order valence-corrected chi connectivity index (χ2v) is 7.75. The lowest BCUT2D eigenvalue weighted by atomic mass is 10.1. The number of rotatable bonds is 6. The van der Waals surface area contributed by atoms with E-state index in [2.05, 4.69) is 21.2 Å². The van der Waals surface area contributed by atoms with Gasteiger partial charge < -0.3 is 15.0 Å². The number of methoxy groups -OCH3 is 1. The fraction of sp³-hybridized carbons (Fsp3) is 0.304. The lowest BCUT2D eigenvalue weighted by molar-refractivity contribution is -0.130. The molecule has 2 aromatic carbocycles. The summed E-state index contributed by atoms with van der Waals surface area (Å²) in [5, 5.41) is 2.86. The quantitative estimate of drug-likeness (QED) is 0.664. The number of likely N-dealkylation sites (tertiary alicyclic amines) is 1. The van der Waals surface area contributed by atoms with Gasteiger partial charge in [0.25, 0.3) is 5.91 Å². The van der Waals surface area contributed by atoms with Gasteiger partial charge in [0.15, 0.2) is 0 Å². The van der Waals surface area contributed by atoms with Gasteiger partial charge in [0, 0.05) is 18.7 Å². The molecule has 0 radical (unpaired) electrons. The highest BCUT2D eigenvalue weighted by molar-refractivity contribution is 9.15. The predicted octanol–water partition coefficient (Wildman–Crippen LogP) is 4.13. The highest BCUT2D eigenvalue weighted by Crippen LogP contribution is 2.32. The van der Waals surface area contributed by atoms with Gasteiger partial charge in [-0.1, -0.05) is 48.5 Å². The van der Waals surface area contributed by atoms with Crippen molar-refractivity contribution < 1.29 is 14.3 Å². The number of ether oxygens (including phenoxy) is 1. The molecule has 0 atom stereocenters. The number of nitrogens with zero attached hydrogens (tertiary/aromatic N) is 1. The average molecular weight is 457 g/mol. The molecule has 0 unspecified atom stereocenters. The van der Waals surface area contributed by atoms with Crippen molar-refractivity contribution in [3.05, 3.63) is 71.4 Å². The number of para-hydroxylation sites is 1. The van der Waals surface area contributed by atoms with E-state index in [1.165, 1.54) is 0 Å². The third-order valence-corrected chi connectivity index (χ3v) is 5.72. The maximum Gasteiger partial charge on any atom is 0.271 e. The summed E-state index contributed by atoms with van der Waals surface area (Å²) in [4.78, 5) is 27.8. The van der Waals surface area contributed by atoms with Crippen molar-refractivity contribution in [2.75, 3.05) is 20.2 Å². The van der Waals surface area contributed by atoms with Gasteiger partial charge in [0.05, 0.1) is 18.0 Å². The van der Waals surface area contributed by atoms with Crippen molar-refractivity contribution in [3.8, 4) is 5.75 Å². The molecule has 1 fully saturated rings. The summed E-state index contributed by atoms with van der Waals surface area (Å²) in [7, 11) is 1.58. The zero-order valence-electron chi connectivity index (χ0n) is 16.5. The number of nitrogens with one attached hydrogen (secondary N) is 1. The fourth-order valence-corrected chi connectivity index (χ4v) is 3.98. The lowest BCUT2D eigenvalue weighted by Gasteiger charge is -2.28. The Morgan fingerprint density at radius 1 is 1.00 bits per heavy atom. The van der Waals surface area contributed by atoms with Crippen LogP contribution in [0.4, 0.5) is 0 Å². The maximum atomic E-state index is 13.3. The number of benzene rings is 2. The SMILES string of the molecule is COc1ccccc1/C(Br)=C(\NC(=O)Cc1ccccc1)C(=O)N1CCCCC1. The zero-order chi connectivity index (χ0) is 20.6. The molecule has 0 spiro atoms. The Kier molecular flexibility index (Phi) is 7.47. The van der Waals surface area contributed by atoms with E-state index in [1.807, 2.05) is 54.6 Å². The molecule has 5 nitrogen and oxygen atoms in total. The van der Waals surface area contributed by atoms with Crippen LogP contribution >= 0.6 is 15.9 Å². The van der Waals surface area contributed by atoms with Gasteiger partial charge in [0.2, 0.25) is 5.91 Å². The molecule has 1 saturated heterocycles. The summed E-state index contributed by atoms with van der Waals surface area (Å²) in [6.07, 6.45) is 3.27. The Bertz CT molecular complexity index is 890. The number of carbonyl (C=O) groups excluding carboxylic acids is 2. The second kappa shape index (κ2) is 10.3. The molecule has 0 aliphatic carbocycles. The smallest absolute Gasteiger partial charge is 0.271 e. The van der Waals surface area contributed by atoms with Crippen LogP contribution < -0.4 is 10.1 Å². The van der Waals surface area contributed by atoms with Gasteiger partial charge in [-0.2, -0.15) is 0 Å². The molecule has 2 amide bonds. The van der Waals surface area contributed by atoms with E-state index in [4.69, 9.17) is 4.74 Å². The van der Waals surface area contributed by atoms with Gasteiger partial charge in [-0.05, 0) is 46.8 Å².